The van der Waals surface area contributed by atoms with Crippen LogP contribution in [0.1, 0.15) is 51.1 Å². The van der Waals surface area contributed by atoms with E-state index in [2.05, 4.69) is 10.6 Å². The molecule has 0 unspecified atom stereocenters. The van der Waals surface area contributed by atoms with Crippen molar-refractivity contribution in [3.8, 4) is 5.75 Å². The Morgan fingerprint density at radius 1 is 1.07 bits per heavy atom. The smallest absolute Gasteiger partial charge is 0.254 e. The van der Waals surface area contributed by atoms with E-state index in [4.69, 9.17) is 9.47 Å². The molecular weight excluding hydrogens is 568 g/mol. The maximum Gasteiger partial charge on any atom is 0.254 e. The molecule has 2 amide bonds. The fourth-order valence-electron chi connectivity index (χ4n) is 6.22. The first kappa shape index (κ1) is 31.6. The first-order valence-electron chi connectivity index (χ1n) is 15.0. The SMILES string of the molecule is COC[C@H]1CCCN1C(=O)c1cc(C)cc(C(=O)N[C@@H](Cc2cc(F)cc(F)c2)[C@H](O)[C@@H]2C[C@@H](Oc3ccccc3)CN2)c1. The zero-order valence-corrected chi connectivity index (χ0v) is 25.0. The number of hydrogen-bond donors (Lipinski definition) is 3. The molecule has 5 rings (SSSR count). The summed E-state index contributed by atoms with van der Waals surface area (Å²) >= 11 is 0. The van der Waals surface area contributed by atoms with E-state index in [0.717, 1.165) is 24.5 Å². The standard InChI is InChI=1S/C34H39F2N3O5/c1-21-11-23(16-24(12-21)34(42)39-10-6-7-27(39)20-43-2)33(41)38-31(15-22-13-25(35)17-26(36)14-22)32(40)30-18-29(19-37-30)44-28-8-4-3-5-9-28/h3-5,8-9,11-14,16-17,27,29-32,37,40H,6-7,10,15,18-20H2,1-2H3,(H,38,41)/t27-,29-,30+,31+,32-/m1/s1. The van der Waals surface area contributed by atoms with Gasteiger partial charge in [0.2, 0.25) is 0 Å². The van der Waals surface area contributed by atoms with Gasteiger partial charge in [-0.15, -0.1) is 0 Å². The Hall–Kier alpha value is -3.86. The average molecular weight is 608 g/mol. The van der Waals surface area contributed by atoms with Crippen LogP contribution in [0.5, 0.6) is 5.75 Å². The molecule has 3 N–H and O–H groups in total. The second-order valence-electron chi connectivity index (χ2n) is 11.7. The molecule has 10 heteroatoms. The number of aliphatic hydroxyl groups is 1. The molecule has 0 aromatic heterocycles. The third kappa shape index (κ3) is 7.80. The lowest BCUT2D eigenvalue weighted by Crippen LogP contribution is -2.52. The van der Waals surface area contributed by atoms with Gasteiger partial charge in [0.05, 0.1) is 24.8 Å². The highest BCUT2D eigenvalue weighted by atomic mass is 19.1. The van der Waals surface area contributed by atoms with Crippen molar-refractivity contribution in [3.63, 3.8) is 0 Å². The lowest BCUT2D eigenvalue weighted by atomic mass is 9.94. The quantitative estimate of drug-likeness (QED) is 0.305. The van der Waals surface area contributed by atoms with E-state index in [0.29, 0.717) is 43.0 Å². The number of benzene rings is 3. The Bertz CT molecular complexity index is 1440. The molecule has 5 atom stereocenters. The summed E-state index contributed by atoms with van der Waals surface area (Å²) in [6.45, 7) is 3.35. The molecule has 0 bridgehead atoms. The number of methoxy groups -OCH3 is 1. The zero-order chi connectivity index (χ0) is 31.2. The average Bonchev–Trinajstić information content (AvgIpc) is 3.66. The highest BCUT2D eigenvalue weighted by Gasteiger charge is 2.36. The van der Waals surface area contributed by atoms with E-state index in [1.54, 1.807) is 37.1 Å². The molecule has 3 aromatic rings. The lowest BCUT2D eigenvalue weighted by molar-refractivity contribution is 0.0630. The summed E-state index contributed by atoms with van der Waals surface area (Å²) in [5.74, 6) is -1.46. The summed E-state index contributed by atoms with van der Waals surface area (Å²) in [7, 11) is 1.61. The number of para-hydroxylation sites is 1. The summed E-state index contributed by atoms with van der Waals surface area (Å²) in [6.07, 6.45) is 0.852. The molecule has 8 nitrogen and oxygen atoms in total. The molecular formula is C34H39F2N3O5. The zero-order valence-electron chi connectivity index (χ0n) is 25.0. The highest BCUT2D eigenvalue weighted by molar-refractivity contribution is 6.00. The van der Waals surface area contributed by atoms with Crippen molar-refractivity contribution < 1.29 is 33.0 Å². The van der Waals surface area contributed by atoms with Gasteiger partial charge < -0.3 is 30.1 Å². The van der Waals surface area contributed by atoms with Gasteiger partial charge in [-0.3, -0.25) is 9.59 Å². The van der Waals surface area contributed by atoms with Crippen molar-refractivity contribution in [2.45, 2.75) is 62.9 Å². The first-order chi connectivity index (χ1) is 21.2. The molecule has 2 aliphatic heterocycles. The van der Waals surface area contributed by atoms with Crippen LogP contribution in [0, 0.1) is 18.6 Å². The molecule has 3 aromatic carbocycles. The van der Waals surface area contributed by atoms with E-state index in [1.165, 1.54) is 12.1 Å². The number of nitrogens with zero attached hydrogens (tertiary/aromatic N) is 1. The number of hydrogen-bond acceptors (Lipinski definition) is 6. The topological polar surface area (TPSA) is 100 Å². The van der Waals surface area contributed by atoms with Gasteiger partial charge in [0.15, 0.2) is 0 Å². The van der Waals surface area contributed by atoms with Crippen LogP contribution in [-0.2, 0) is 11.2 Å². The molecule has 0 aliphatic carbocycles. The van der Waals surface area contributed by atoms with Crippen LogP contribution < -0.4 is 15.4 Å². The lowest BCUT2D eigenvalue weighted by Gasteiger charge is -2.29. The van der Waals surface area contributed by atoms with Crippen LogP contribution in [0.3, 0.4) is 0 Å². The van der Waals surface area contributed by atoms with Gasteiger partial charge in [0.25, 0.3) is 11.8 Å². The largest absolute Gasteiger partial charge is 0.489 e. The van der Waals surface area contributed by atoms with Crippen LogP contribution in [0.25, 0.3) is 0 Å². The first-order valence-corrected chi connectivity index (χ1v) is 15.0. The maximum absolute atomic E-state index is 14.1. The Labute approximate surface area is 256 Å². The third-order valence-corrected chi connectivity index (χ3v) is 8.27. The van der Waals surface area contributed by atoms with Crippen LogP contribution >= 0.6 is 0 Å². The van der Waals surface area contributed by atoms with Gasteiger partial charge in [0.1, 0.15) is 23.5 Å². The van der Waals surface area contributed by atoms with Gasteiger partial charge in [-0.05, 0) is 79.8 Å². The molecule has 44 heavy (non-hydrogen) atoms. The molecule has 0 radical (unpaired) electrons. The number of likely N-dealkylation sites (tertiary alicyclic amines) is 1. The number of halogens is 2. The normalized spacial score (nSPS) is 21.2. The van der Waals surface area contributed by atoms with Crippen molar-refractivity contribution in [2.75, 3.05) is 26.8 Å². The van der Waals surface area contributed by atoms with E-state index in [1.807, 2.05) is 30.3 Å². The van der Waals surface area contributed by atoms with Gasteiger partial charge in [0, 0.05) is 49.9 Å². The molecule has 2 saturated heterocycles. The van der Waals surface area contributed by atoms with Crippen molar-refractivity contribution in [2.24, 2.45) is 0 Å². The summed E-state index contributed by atoms with van der Waals surface area (Å²) in [4.78, 5) is 28.9. The summed E-state index contributed by atoms with van der Waals surface area (Å²) in [5.41, 5.74) is 1.66. The molecule has 2 heterocycles. The minimum Gasteiger partial charge on any atom is -0.489 e. The van der Waals surface area contributed by atoms with Crippen LogP contribution in [-0.4, -0.2) is 79.0 Å². The van der Waals surface area contributed by atoms with Crippen molar-refractivity contribution in [1.82, 2.24) is 15.5 Å². The fraction of sp³-hybridized carbons (Fsp3) is 0.412. The Balaban J connectivity index is 1.34. The Morgan fingerprint density at radius 3 is 2.52 bits per heavy atom. The second-order valence-corrected chi connectivity index (χ2v) is 11.7. The highest BCUT2D eigenvalue weighted by Crippen LogP contribution is 2.24. The predicted octanol–water partition coefficient (Wildman–Crippen LogP) is 4.04. The van der Waals surface area contributed by atoms with E-state index in [9.17, 15) is 23.5 Å². The summed E-state index contributed by atoms with van der Waals surface area (Å²) in [6, 6.07) is 16.1. The molecule has 2 aliphatic rings. The number of ether oxygens (including phenoxy) is 2. The van der Waals surface area contributed by atoms with E-state index >= 15 is 0 Å². The van der Waals surface area contributed by atoms with Crippen LogP contribution in [0.2, 0.25) is 0 Å². The fourth-order valence-corrected chi connectivity index (χ4v) is 6.22. The predicted molar refractivity (Wildman–Crippen MR) is 162 cm³/mol. The number of aliphatic hydroxyl groups excluding tert-OH is 1. The number of aryl methyl sites for hydroxylation is 1. The minimum absolute atomic E-state index is 0.0198. The van der Waals surface area contributed by atoms with E-state index in [-0.39, 0.29) is 30.0 Å². The number of rotatable bonds is 11. The van der Waals surface area contributed by atoms with E-state index < -0.39 is 35.7 Å². The number of carbonyl (C=O) groups excluding carboxylic acids is 2. The van der Waals surface area contributed by atoms with Gasteiger partial charge >= 0.3 is 0 Å². The van der Waals surface area contributed by atoms with Crippen molar-refractivity contribution in [3.05, 3.63) is 101 Å². The Morgan fingerprint density at radius 2 is 1.80 bits per heavy atom. The van der Waals surface area contributed by atoms with Gasteiger partial charge in [-0.1, -0.05) is 18.2 Å². The number of amides is 2. The second kappa shape index (κ2) is 14.3. The van der Waals surface area contributed by atoms with Gasteiger partial charge in [-0.2, -0.15) is 0 Å². The molecule has 2 fully saturated rings. The molecule has 0 saturated carbocycles. The Kier molecular flexibility index (Phi) is 10.2. The minimum atomic E-state index is -1.11. The van der Waals surface area contributed by atoms with Crippen LogP contribution in [0.4, 0.5) is 8.78 Å². The molecule has 0 spiro atoms. The summed E-state index contributed by atoms with van der Waals surface area (Å²) in [5, 5.41) is 17.7. The van der Waals surface area contributed by atoms with Crippen molar-refractivity contribution in [1.29, 1.82) is 0 Å². The third-order valence-electron chi connectivity index (χ3n) is 8.27. The van der Waals surface area contributed by atoms with Gasteiger partial charge in [-0.25, -0.2) is 8.78 Å². The monoisotopic (exact) mass is 607 g/mol. The van der Waals surface area contributed by atoms with Crippen LogP contribution in [0.15, 0.2) is 66.7 Å². The number of carbonyl (C=O) groups is 2. The summed E-state index contributed by atoms with van der Waals surface area (Å²) < 4.78 is 39.5. The van der Waals surface area contributed by atoms with Crippen molar-refractivity contribution >= 4 is 11.8 Å². The maximum atomic E-state index is 14.1. The molecule has 234 valence electrons. The number of nitrogens with one attached hydrogen (secondary N) is 2.